The molecule has 0 aromatic heterocycles. The summed E-state index contributed by atoms with van der Waals surface area (Å²) in [7, 11) is -4.49. The predicted octanol–water partition coefficient (Wildman–Crippen LogP) is 0.434. The third-order valence-electron chi connectivity index (χ3n) is 6.36. The Labute approximate surface area is 192 Å². The maximum Gasteiger partial charge on any atom is 0.405 e. The van der Waals surface area contributed by atoms with E-state index in [1.54, 1.807) is 0 Å². The Hall–Kier alpha value is -2.39. The summed E-state index contributed by atoms with van der Waals surface area (Å²) in [6, 6.07) is 0. The Kier molecular flexibility index (Phi) is 7.20. The number of ether oxygens (including phenoxy) is 5. The lowest BCUT2D eigenvalue weighted by Crippen LogP contribution is -2.44. The molecule has 192 valence electrons. The van der Waals surface area contributed by atoms with E-state index >= 15 is 0 Å². The van der Waals surface area contributed by atoms with E-state index in [4.69, 9.17) is 23.5 Å². The number of carbonyl (C=O) groups excluding carboxylic acids is 4. The molecule has 15 heteroatoms. The smallest absolute Gasteiger partial charge is 0.405 e. The molecule has 1 N–H and O–H groups in total. The van der Waals surface area contributed by atoms with Gasteiger partial charge >= 0.3 is 39.2 Å². The molecular formula is C19H24F2O12S. The van der Waals surface area contributed by atoms with Crippen molar-refractivity contribution in [1.82, 2.24) is 0 Å². The van der Waals surface area contributed by atoms with Crippen LogP contribution in [0.15, 0.2) is 0 Å². The van der Waals surface area contributed by atoms with Gasteiger partial charge < -0.3 is 23.7 Å². The highest BCUT2D eigenvalue weighted by Crippen LogP contribution is 2.59. The standard InChI is InChI=1S/C19H24F2O12S/c1-7(19(20,21)34(26,27)28)30-11(22)4-5-12(23)32-15-9-6-10-14(18(25)33-16(10)15)13(9)17(24)31-8(2)29-3/h7-10,13-16H,4-6H2,1-3H3,(H,26,27,28). The summed E-state index contributed by atoms with van der Waals surface area (Å²) in [5, 5.41) is -4.74. The molecule has 0 radical (unpaired) electrons. The second-order valence-electron chi connectivity index (χ2n) is 8.38. The van der Waals surface area contributed by atoms with Crippen LogP contribution >= 0.6 is 0 Å². The maximum atomic E-state index is 13.5. The lowest BCUT2D eigenvalue weighted by atomic mass is 9.78. The van der Waals surface area contributed by atoms with E-state index in [9.17, 15) is 36.4 Å². The fourth-order valence-corrected chi connectivity index (χ4v) is 5.18. The number of rotatable bonds is 10. The van der Waals surface area contributed by atoms with Crippen LogP contribution in [0.5, 0.6) is 0 Å². The van der Waals surface area contributed by atoms with E-state index in [0.29, 0.717) is 13.3 Å². The van der Waals surface area contributed by atoms with E-state index in [1.165, 1.54) is 14.0 Å². The molecule has 1 aliphatic heterocycles. The van der Waals surface area contributed by atoms with E-state index in [2.05, 4.69) is 4.74 Å². The van der Waals surface area contributed by atoms with Crippen LogP contribution < -0.4 is 0 Å². The van der Waals surface area contributed by atoms with Gasteiger partial charge in [-0.05, 0) is 20.3 Å². The molecule has 2 bridgehead atoms. The largest absolute Gasteiger partial charge is 0.458 e. The summed E-state index contributed by atoms with van der Waals surface area (Å²) < 4.78 is 81.9. The molecule has 0 aromatic carbocycles. The van der Waals surface area contributed by atoms with Crippen LogP contribution in [0.2, 0.25) is 0 Å². The average Bonchev–Trinajstić information content (AvgIpc) is 3.35. The second kappa shape index (κ2) is 9.34. The van der Waals surface area contributed by atoms with E-state index in [-0.39, 0.29) is 5.92 Å². The minimum absolute atomic E-state index is 0.348. The Morgan fingerprint density at radius 3 is 2.35 bits per heavy atom. The molecule has 34 heavy (non-hydrogen) atoms. The van der Waals surface area contributed by atoms with Gasteiger partial charge in [0.15, 0.2) is 12.4 Å². The van der Waals surface area contributed by atoms with Crippen LogP contribution in [0.1, 0.15) is 33.1 Å². The van der Waals surface area contributed by atoms with Crippen LogP contribution in [-0.2, 0) is 53.0 Å². The first kappa shape index (κ1) is 26.2. The van der Waals surface area contributed by atoms with Gasteiger partial charge in [-0.2, -0.15) is 17.2 Å². The summed E-state index contributed by atoms with van der Waals surface area (Å²) in [6.45, 7) is 2.05. The van der Waals surface area contributed by atoms with Crippen LogP contribution in [0.4, 0.5) is 8.78 Å². The van der Waals surface area contributed by atoms with E-state index < -0.39 is 94.4 Å². The summed E-state index contributed by atoms with van der Waals surface area (Å²) in [5.74, 6) is -6.10. The molecule has 3 aliphatic rings. The van der Waals surface area contributed by atoms with Gasteiger partial charge in [-0.1, -0.05) is 0 Å². The molecule has 12 nitrogen and oxygen atoms in total. The highest BCUT2D eigenvalue weighted by molar-refractivity contribution is 7.86. The van der Waals surface area contributed by atoms with Crippen molar-refractivity contribution in [1.29, 1.82) is 0 Å². The third-order valence-corrected chi connectivity index (χ3v) is 7.38. The molecular weight excluding hydrogens is 490 g/mol. The van der Waals surface area contributed by atoms with Crippen molar-refractivity contribution in [2.45, 2.75) is 63.0 Å². The quantitative estimate of drug-likeness (QED) is 0.185. The van der Waals surface area contributed by atoms with Gasteiger partial charge in [-0.15, -0.1) is 0 Å². The maximum absolute atomic E-state index is 13.5. The normalized spacial score (nSPS) is 31.5. The molecule has 0 amide bonds. The lowest BCUT2D eigenvalue weighted by molar-refractivity contribution is -0.182. The summed E-state index contributed by atoms with van der Waals surface area (Å²) in [5.41, 5.74) is 0. The fourth-order valence-electron chi connectivity index (χ4n) is 4.71. The van der Waals surface area contributed by atoms with Gasteiger partial charge in [0.05, 0.1) is 24.7 Å². The van der Waals surface area contributed by atoms with Crippen molar-refractivity contribution in [2.24, 2.45) is 23.7 Å². The average molecular weight is 514 g/mol. The number of alkyl halides is 2. The number of carbonyl (C=O) groups is 4. The van der Waals surface area contributed by atoms with Gasteiger partial charge in [-0.3, -0.25) is 23.7 Å². The van der Waals surface area contributed by atoms with Crippen molar-refractivity contribution in [3.8, 4) is 0 Å². The highest BCUT2D eigenvalue weighted by atomic mass is 32.2. The van der Waals surface area contributed by atoms with Gasteiger partial charge in [0.25, 0.3) is 0 Å². The summed E-state index contributed by atoms with van der Waals surface area (Å²) >= 11 is 0. The predicted molar refractivity (Wildman–Crippen MR) is 102 cm³/mol. The zero-order chi connectivity index (χ0) is 25.6. The molecule has 3 fully saturated rings. The molecule has 1 saturated heterocycles. The first-order valence-electron chi connectivity index (χ1n) is 10.4. The van der Waals surface area contributed by atoms with E-state index in [1.807, 2.05) is 0 Å². The van der Waals surface area contributed by atoms with Gasteiger partial charge in [0.1, 0.15) is 12.2 Å². The minimum Gasteiger partial charge on any atom is -0.458 e. The minimum atomic E-state index is -5.82. The van der Waals surface area contributed by atoms with Crippen molar-refractivity contribution in [2.75, 3.05) is 7.11 Å². The monoisotopic (exact) mass is 514 g/mol. The number of halogens is 2. The van der Waals surface area contributed by atoms with Crippen LogP contribution in [0.25, 0.3) is 0 Å². The molecule has 0 spiro atoms. The van der Waals surface area contributed by atoms with Crippen LogP contribution in [0, 0.1) is 23.7 Å². The number of methoxy groups -OCH3 is 1. The van der Waals surface area contributed by atoms with Gasteiger partial charge in [0, 0.05) is 18.9 Å². The lowest BCUT2D eigenvalue weighted by Gasteiger charge is -2.30. The Balaban J connectivity index is 1.57. The zero-order valence-electron chi connectivity index (χ0n) is 18.3. The molecule has 8 atom stereocenters. The van der Waals surface area contributed by atoms with Crippen LogP contribution in [0.3, 0.4) is 0 Å². The van der Waals surface area contributed by atoms with Crippen molar-refractivity contribution in [3.05, 3.63) is 0 Å². The SMILES string of the molecule is COC(C)OC(=O)C1C2CC3C(OC(=O)C31)C2OC(=O)CCC(=O)OC(C)C(F)(F)S(=O)(=O)O. The third kappa shape index (κ3) is 4.73. The number of hydrogen-bond acceptors (Lipinski definition) is 11. The number of fused-ring (bicyclic) bond motifs is 1. The zero-order valence-corrected chi connectivity index (χ0v) is 19.2. The van der Waals surface area contributed by atoms with Gasteiger partial charge in [-0.25, -0.2) is 0 Å². The second-order valence-corrected chi connectivity index (χ2v) is 9.87. The van der Waals surface area contributed by atoms with Gasteiger partial charge in [0.2, 0.25) is 0 Å². The molecule has 3 rings (SSSR count). The Morgan fingerprint density at radius 2 is 1.76 bits per heavy atom. The topological polar surface area (TPSA) is 169 Å². The van der Waals surface area contributed by atoms with Crippen molar-refractivity contribution < 1.29 is 64.6 Å². The molecule has 2 saturated carbocycles. The highest BCUT2D eigenvalue weighted by Gasteiger charge is 2.70. The number of esters is 4. The van der Waals surface area contributed by atoms with E-state index in [0.717, 1.165) is 0 Å². The number of hydrogen-bond donors (Lipinski definition) is 1. The molecule has 2 aliphatic carbocycles. The van der Waals surface area contributed by atoms with Crippen molar-refractivity contribution >= 4 is 34.0 Å². The molecule has 1 heterocycles. The molecule has 8 unspecified atom stereocenters. The molecule has 0 aromatic rings. The summed E-state index contributed by atoms with van der Waals surface area (Å²) in [4.78, 5) is 48.9. The van der Waals surface area contributed by atoms with Crippen LogP contribution in [-0.4, -0.2) is 73.8 Å². The first-order valence-corrected chi connectivity index (χ1v) is 11.8. The summed E-state index contributed by atoms with van der Waals surface area (Å²) in [6.07, 6.45) is -6.04. The first-order chi connectivity index (χ1) is 15.7. The Morgan fingerprint density at radius 1 is 1.15 bits per heavy atom. The fraction of sp³-hybridized carbons (Fsp3) is 0.789. The van der Waals surface area contributed by atoms with Crippen molar-refractivity contribution in [3.63, 3.8) is 0 Å². The Bertz CT molecular complexity index is 966.